The standard InChI is InChI=1S/C19H23N3O5/c1-3-4-5-16-21-13-10-12(6-7-15(13)27-16)19(25)22-9-8-20-18(24)14(22)11-17(23)26-2/h6-7,10,14H,3-5,8-9,11H2,1-2H3,(H,20,24)/t14-/m0/s1. The molecule has 1 atom stereocenters. The summed E-state index contributed by atoms with van der Waals surface area (Å²) in [6.45, 7) is 2.76. The third-order valence-electron chi connectivity index (χ3n) is 4.60. The second-order valence-corrected chi connectivity index (χ2v) is 6.48. The third kappa shape index (κ3) is 4.10. The van der Waals surface area contributed by atoms with Gasteiger partial charge in [0.25, 0.3) is 5.91 Å². The Morgan fingerprint density at radius 3 is 2.96 bits per heavy atom. The smallest absolute Gasteiger partial charge is 0.308 e. The van der Waals surface area contributed by atoms with Gasteiger partial charge in [0.15, 0.2) is 11.5 Å². The van der Waals surface area contributed by atoms with Gasteiger partial charge in [0, 0.05) is 25.1 Å². The number of unbranched alkanes of at least 4 members (excludes halogenated alkanes) is 1. The lowest BCUT2D eigenvalue weighted by molar-refractivity contribution is -0.145. The van der Waals surface area contributed by atoms with Crippen LogP contribution < -0.4 is 5.32 Å². The van der Waals surface area contributed by atoms with E-state index in [-0.39, 0.29) is 18.2 Å². The number of carbonyl (C=O) groups excluding carboxylic acids is 3. The second kappa shape index (κ2) is 8.20. The predicted octanol–water partition coefficient (Wildman–Crippen LogP) is 1.67. The Kier molecular flexibility index (Phi) is 5.73. The minimum atomic E-state index is -0.883. The number of piperazine rings is 1. The minimum absolute atomic E-state index is 0.179. The van der Waals surface area contributed by atoms with E-state index in [1.165, 1.54) is 12.0 Å². The quantitative estimate of drug-likeness (QED) is 0.773. The molecule has 1 aliphatic rings. The number of methoxy groups -OCH3 is 1. The van der Waals surface area contributed by atoms with Crippen LogP contribution in [0.1, 0.15) is 42.4 Å². The average Bonchev–Trinajstić information content (AvgIpc) is 3.09. The van der Waals surface area contributed by atoms with E-state index in [0.29, 0.717) is 35.6 Å². The van der Waals surface area contributed by atoms with Crippen molar-refractivity contribution >= 4 is 28.9 Å². The number of esters is 1. The zero-order valence-electron chi connectivity index (χ0n) is 15.5. The maximum absolute atomic E-state index is 13.0. The fourth-order valence-corrected chi connectivity index (χ4v) is 3.11. The molecule has 1 saturated heterocycles. The Hall–Kier alpha value is -2.90. The molecule has 0 bridgehead atoms. The number of rotatable bonds is 6. The number of amides is 2. The zero-order chi connectivity index (χ0) is 19.4. The van der Waals surface area contributed by atoms with Crippen LogP contribution in [0.5, 0.6) is 0 Å². The number of ether oxygens (including phenoxy) is 1. The van der Waals surface area contributed by atoms with Crippen LogP contribution in [0.2, 0.25) is 0 Å². The van der Waals surface area contributed by atoms with Gasteiger partial charge in [-0.1, -0.05) is 13.3 Å². The van der Waals surface area contributed by atoms with Crippen molar-refractivity contribution in [3.05, 3.63) is 29.7 Å². The summed E-state index contributed by atoms with van der Waals surface area (Å²) in [5.41, 5.74) is 1.64. The highest BCUT2D eigenvalue weighted by atomic mass is 16.5. The molecule has 0 radical (unpaired) electrons. The molecule has 1 aliphatic heterocycles. The van der Waals surface area contributed by atoms with Gasteiger partial charge in [-0.25, -0.2) is 4.98 Å². The lowest BCUT2D eigenvalue weighted by atomic mass is 10.1. The van der Waals surface area contributed by atoms with E-state index >= 15 is 0 Å². The van der Waals surface area contributed by atoms with Gasteiger partial charge in [-0.15, -0.1) is 0 Å². The van der Waals surface area contributed by atoms with Crippen LogP contribution >= 0.6 is 0 Å². The van der Waals surface area contributed by atoms with Crippen LogP contribution in [-0.2, 0) is 20.7 Å². The van der Waals surface area contributed by atoms with Gasteiger partial charge in [0.2, 0.25) is 5.91 Å². The molecule has 144 valence electrons. The van der Waals surface area contributed by atoms with Crippen molar-refractivity contribution in [3.63, 3.8) is 0 Å². The molecule has 1 aromatic heterocycles. The first kappa shape index (κ1) is 18.9. The SMILES string of the molecule is CCCCc1nc2cc(C(=O)N3CCNC(=O)[C@@H]3CC(=O)OC)ccc2o1. The van der Waals surface area contributed by atoms with E-state index in [4.69, 9.17) is 4.42 Å². The Bertz CT molecular complexity index is 860. The van der Waals surface area contributed by atoms with Crippen molar-refractivity contribution < 1.29 is 23.5 Å². The predicted molar refractivity (Wildman–Crippen MR) is 97.1 cm³/mol. The number of aryl methyl sites for hydroxylation is 1. The lowest BCUT2D eigenvalue weighted by Gasteiger charge is -2.34. The van der Waals surface area contributed by atoms with Crippen molar-refractivity contribution in [2.45, 2.75) is 38.6 Å². The monoisotopic (exact) mass is 373 g/mol. The molecule has 27 heavy (non-hydrogen) atoms. The summed E-state index contributed by atoms with van der Waals surface area (Å²) < 4.78 is 10.3. The Labute approximate surface area is 156 Å². The van der Waals surface area contributed by atoms with E-state index in [1.54, 1.807) is 18.2 Å². The fraction of sp³-hybridized carbons (Fsp3) is 0.474. The summed E-state index contributed by atoms with van der Waals surface area (Å²) in [5, 5.41) is 2.68. The van der Waals surface area contributed by atoms with E-state index in [2.05, 4.69) is 22.0 Å². The molecule has 1 fully saturated rings. The molecule has 1 N–H and O–H groups in total. The van der Waals surface area contributed by atoms with Crippen LogP contribution in [0.4, 0.5) is 0 Å². The van der Waals surface area contributed by atoms with Crippen molar-refractivity contribution in [3.8, 4) is 0 Å². The average molecular weight is 373 g/mol. The number of aromatic nitrogens is 1. The minimum Gasteiger partial charge on any atom is -0.469 e. The van der Waals surface area contributed by atoms with Gasteiger partial charge in [0.05, 0.1) is 13.5 Å². The molecular weight excluding hydrogens is 350 g/mol. The highest BCUT2D eigenvalue weighted by Crippen LogP contribution is 2.21. The Morgan fingerprint density at radius 2 is 2.22 bits per heavy atom. The fourth-order valence-electron chi connectivity index (χ4n) is 3.11. The number of hydrogen-bond donors (Lipinski definition) is 1. The van der Waals surface area contributed by atoms with Gasteiger partial charge < -0.3 is 19.4 Å². The molecule has 8 nitrogen and oxygen atoms in total. The van der Waals surface area contributed by atoms with Crippen molar-refractivity contribution in [1.29, 1.82) is 0 Å². The number of carbonyl (C=O) groups is 3. The molecule has 0 unspecified atom stereocenters. The molecule has 2 heterocycles. The van der Waals surface area contributed by atoms with Crippen LogP contribution in [0.25, 0.3) is 11.1 Å². The van der Waals surface area contributed by atoms with Crippen LogP contribution in [0, 0.1) is 0 Å². The van der Waals surface area contributed by atoms with Crippen LogP contribution in [0.3, 0.4) is 0 Å². The molecule has 2 aromatic rings. The number of fused-ring (bicyclic) bond motifs is 1. The Morgan fingerprint density at radius 1 is 1.41 bits per heavy atom. The summed E-state index contributed by atoms with van der Waals surface area (Å²) >= 11 is 0. The maximum Gasteiger partial charge on any atom is 0.308 e. The molecule has 0 saturated carbocycles. The summed E-state index contributed by atoms with van der Waals surface area (Å²) in [7, 11) is 1.25. The maximum atomic E-state index is 13.0. The molecule has 8 heteroatoms. The summed E-state index contributed by atoms with van der Waals surface area (Å²) in [4.78, 5) is 42.6. The molecule has 3 rings (SSSR count). The van der Waals surface area contributed by atoms with Gasteiger partial charge >= 0.3 is 5.97 Å². The van der Waals surface area contributed by atoms with Gasteiger partial charge in [-0.3, -0.25) is 14.4 Å². The lowest BCUT2D eigenvalue weighted by Crippen LogP contribution is -2.57. The number of hydrogen-bond acceptors (Lipinski definition) is 6. The molecule has 2 amide bonds. The van der Waals surface area contributed by atoms with E-state index < -0.39 is 12.0 Å². The van der Waals surface area contributed by atoms with Gasteiger partial charge in [0.1, 0.15) is 11.6 Å². The number of nitrogens with zero attached hydrogens (tertiary/aromatic N) is 2. The van der Waals surface area contributed by atoms with Crippen LogP contribution in [0.15, 0.2) is 22.6 Å². The Balaban J connectivity index is 1.84. The summed E-state index contributed by atoms with van der Waals surface area (Å²) in [6.07, 6.45) is 2.60. The highest BCUT2D eigenvalue weighted by molar-refractivity contribution is 6.01. The van der Waals surface area contributed by atoms with E-state index in [0.717, 1.165) is 19.3 Å². The molecule has 1 aromatic carbocycles. The van der Waals surface area contributed by atoms with Crippen LogP contribution in [-0.4, -0.2) is 53.9 Å². The largest absolute Gasteiger partial charge is 0.469 e. The van der Waals surface area contributed by atoms with E-state index in [9.17, 15) is 14.4 Å². The molecule has 0 aliphatic carbocycles. The third-order valence-corrected chi connectivity index (χ3v) is 4.60. The summed E-state index contributed by atoms with van der Waals surface area (Å²) in [5.74, 6) is -0.567. The number of nitrogens with one attached hydrogen (secondary N) is 1. The van der Waals surface area contributed by atoms with Crippen molar-refractivity contribution in [2.24, 2.45) is 0 Å². The zero-order valence-corrected chi connectivity index (χ0v) is 15.5. The first-order valence-electron chi connectivity index (χ1n) is 9.08. The number of oxazole rings is 1. The topological polar surface area (TPSA) is 102 Å². The van der Waals surface area contributed by atoms with Gasteiger partial charge in [-0.2, -0.15) is 0 Å². The van der Waals surface area contributed by atoms with Crippen molar-refractivity contribution in [1.82, 2.24) is 15.2 Å². The van der Waals surface area contributed by atoms with Crippen molar-refractivity contribution in [2.75, 3.05) is 20.2 Å². The first-order valence-corrected chi connectivity index (χ1v) is 9.08. The normalized spacial score (nSPS) is 17.0. The molecule has 0 spiro atoms. The van der Waals surface area contributed by atoms with Gasteiger partial charge in [-0.05, 0) is 24.6 Å². The second-order valence-electron chi connectivity index (χ2n) is 6.48. The van der Waals surface area contributed by atoms with E-state index in [1.807, 2.05) is 0 Å². The number of benzene rings is 1. The highest BCUT2D eigenvalue weighted by Gasteiger charge is 2.35. The molecular formula is C19H23N3O5. The summed E-state index contributed by atoms with van der Waals surface area (Å²) in [6, 6.07) is 4.15. The first-order chi connectivity index (χ1) is 13.0.